The minimum atomic E-state index is -4.56. The third-order valence-corrected chi connectivity index (χ3v) is 6.86. The van der Waals surface area contributed by atoms with Crippen LogP contribution in [-0.2, 0) is 11.2 Å². The topological polar surface area (TPSA) is 48.4 Å². The van der Waals surface area contributed by atoms with Gasteiger partial charge in [-0.1, -0.05) is 22.0 Å². The van der Waals surface area contributed by atoms with Crippen molar-refractivity contribution in [3.8, 4) is 0 Å². The maximum Gasteiger partial charge on any atom is 0.401 e. The van der Waals surface area contributed by atoms with Gasteiger partial charge in [-0.15, -0.1) is 0 Å². The second kappa shape index (κ2) is 9.91. The smallest absolute Gasteiger partial charge is 0.360 e. The van der Waals surface area contributed by atoms with E-state index in [2.05, 4.69) is 21.2 Å². The third-order valence-electron chi connectivity index (χ3n) is 6.40. The highest BCUT2D eigenvalue weighted by molar-refractivity contribution is 9.10. The largest absolute Gasteiger partial charge is 0.401 e. The number of anilines is 1. The van der Waals surface area contributed by atoms with Crippen LogP contribution in [0.3, 0.4) is 0 Å². The second-order valence-corrected chi connectivity index (χ2v) is 9.68. The van der Waals surface area contributed by atoms with Crippen LogP contribution < -0.4 is 5.32 Å². The quantitative estimate of drug-likeness (QED) is 0.330. The van der Waals surface area contributed by atoms with Gasteiger partial charge in [0, 0.05) is 40.2 Å². The Kier molecular flexibility index (Phi) is 7.30. The van der Waals surface area contributed by atoms with Crippen molar-refractivity contribution in [3.63, 3.8) is 0 Å². The Balaban J connectivity index is 1.85. The van der Waals surface area contributed by atoms with Crippen LogP contribution in [0.15, 0.2) is 28.7 Å². The van der Waals surface area contributed by atoms with Crippen LogP contribution in [0.5, 0.6) is 0 Å². The fourth-order valence-corrected chi connectivity index (χ4v) is 5.32. The maximum absolute atomic E-state index is 15.0. The summed E-state index contributed by atoms with van der Waals surface area (Å²) in [5, 5.41) is 11.3. The Morgan fingerprint density at radius 1 is 1.21 bits per heavy atom. The molecule has 4 nitrogen and oxygen atoms in total. The van der Waals surface area contributed by atoms with Gasteiger partial charge in [0.25, 0.3) is 0 Å². The van der Waals surface area contributed by atoms with Gasteiger partial charge in [-0.05, 0) is 61.9 Å². The van der Waals surface area contributed by atoms with Crippen LogP contribution in [0.25, 0.3) is 0 Å². The number of ether oxygens (including phenoxy) is 1. The zero-order valence-electron chi connectivity index (χ0n) is 18.5. The van der Waals surface area contributed by atoms with Crippen molar-refractivity contribution in [3.05, 3.63) is 62.6 Å². The van der Waals surface area contributed by atoms with Gasteiger partial charge in [-0.2, -0.15) is 13.2 Å². The number of alkyl halides is 3. The van der Waals surface area contributed by atoms with E-state index in [0.717, 1.165) is 42.5 Å². The molecule has 1 unspecified atom stereocenters. The lowest BCUT2D eigenvalue weighted by Crippen LogP contribution is -2.48. The van der Waals surface area contributed by atoms with E-state index in [4.69, 9.17) is 10.1 Å². The van der Waals surface area contributed by atoms with Crippen molar-refractivity contribution in [1.29, 1.82) is 5.41 Å². The fraction of sp³-hybridized carbons (Fsp3) is 0.458. The van der Waals surface area contributed by atoms with E-state index in [1.54, 1.807) is 19.1 Å². The van der Waals surface area contributed by atoms with Gasteiger partial charge >= 0.3 is 6.18 Å². The number of nitrogens with one attached hydrogen (secondary N) is 2. The maximum atomic E-state index is 15.0. The van der Waals surface area contributed by atoms with Gasteiger partial charge < -0.3 is 15.5 Å². The Bertz CT molecular complexity index is 1050. The standard InChI is InChI=1S/C24H25BrF5N3O/c1-13-8-16-15(5-6-20(17(16)11-31)32-21-4-2-3-7-34-21)23(33(13)12-24(28,29)30)22-18(26)9-14(25)10-19(22)27/h5-6,9-11,13,21,23,31-32H,2-4,7-8,12H2,1H3/t13-,21?,23+/m1/s1. The first-order valence-corrected chi connectivity index (χ1v) is 11.9. The number of nitrogens with zero attached hydrogens (tertiary/aromatic N) is 1. The molecule has 34 heavy (non-hydrogen) atoms. The van der Waals surface area contributed by atoms with E-state index >= 15 is 8.78 Å². The van der Waals surface area contributed by atoms with Crippen LogP contribution in [0.1, 0.15) is 54.5 Å². The highest BCUT2D eigenvalue weighted by Gasteiger charge is 2.43. The number of hydrogen-bond acceptors (Lipinski definition) is 4. The molecule has 10 heteroatoms. The molecular formula is C24H25BrF5N3O. The molecule has 2 heterocycles. The second-order valence-electron chi connectivity index (χ2n) is 8.76. The first-order valence-electron chi connectivity index (χ1n) is 11.1. The summed E-state index contributed by atoms with van der Waals surface area (Å²) in [6, 6.07) is 3.39. The Hall–Kier alpha value is -2.04. The van der Waals surface area contributed by atoms with Crippen molar-refractivity contribution < 1.29 is 26.7 Å². The van der Waals surface area contributed by atoms with Crippen LogP contribution in [0, 0.1) is 17.0 Å². The normalized spacial score (nSPS) is 23.4. The molecule has 2 aromatic rings. The minimum absolute atomic E-state index is 0.157. The molecular weight excluding hydrogens is 521 g/mol. The van der Waals surface area contributed by atoms with Crippen LogP contribution in [0.2, 0.25) is 0 Å². The molecule has 0 spiro atoms. The van der Waals surface area contributed by atoms with Crippen molar-refractivity contribution in [2.45, 2.75) is 57.1 Å². The van der Waals surface area contributed by atoms with E-state index in [1.807, 2.05) is 0 Å². The summed E-state index contributed by atoms with van der Waals surface area (Å²) in [5.74, 6) is -1.86. The molecule has 0 amide bonds. The van der Waals surface area contributed by atoms with Gasteiger partial charge in [0.1, 0.15) is 17.9 Å². The molecule has 0 radical (unpaired) electrons. The Labute approximate surface area is 203 Å². The lowest BCUT2D eigenvalue weighted by atomic mass is 9.82. The molecule has 0 aliphatic carbocycles. The highest BCUT2D eigenvalue weighted by atomic mass is 79.9. The molecule has 4 rings (SSSR count). The third kappa shape index (κ3) is 5.13. The number of fused-ring (bicyclic) bond motifs is 1. The van der Waals surface area contributed by atoms with E-state index in [-0.39, 0.29) is 17.1 Å². The number of benzene rings is 2. The molecule has 0 saturated carbocycles. The minimum Gasteiger partial charge on any atom is -0.360 e. The first kappa shape index (κ1) is 25.1. The molecule has 2 aliphatic rings. The average molecular weight is 546 g/mol. The summed E-state index contributed by atoms with van der Waals surface area (Å²) in [5.41, 5.74) is 1.64. The van der Waals surface area contributed by atoms with Gasteiger partial charge in [0.15, 0.2) is 0 Å². The Morgan fingerprint density at radius 3 is 2.50 bits per heavy atom. The van der Waals surface area contributed by atoms with Crippen molar-refractivity contribution in [1.82, 2.24) is 4.90 Å². The summed E-state index contributed by atoms with van der Waals surface area (Å²) < 4.78 is 76.5. The molecule has 2 aromatic carbocycles. The zero-order valence-corrected chi connectivity index (χ0v) is 20.1. The first-order chi connectivity index (χ1) is 16.1. The summed E-state index contributed by atoms with van der Waals surface area (Å²) in [4.78, 5) is 1.09. The SMILES string of the molecule is C[C@@H]1Cc2c(ccc(NC3CCCCO3)c2C=N)[C@@H](c2c(F)cc(Br)cc2F)N1CC(F)(F)F. The molecule has 3 atom stereocenters. The predicted octanol–water partition coefficient (Wildman–Crippen LogP) is 6.56. The predicted molar refractivity (Wildman–Crippen MR) is 123 cm³/mol. The monoisotopic (exact) mass is 545 g/mol. The van der Waals surface area contributed by atoms with Crippen LogP contribution >= 0.6 is 15.9 Å². The molecule has 2 aliphatic heterocycles. The lowest BCUT2D eigenvalue weighted by Gasteiger charge is -2.43. The summed E-state index contributed by atoms with van der Waals surface area (Å²) in [6.45, 7) is 0.910. The lowest BCUT2D eigenvalue weighted by molar-refractivity contribution is -0.155. The summed E-state index contributed by atoms with van der Waals surface area (Å²) >= 11 is 3.03. The summed E-state index contributed by atoms with van der Waals surface area (Å²) in [7, 11) is 0. The number of rotatable bonds is 5. The number of halogens is 6. The van der Waals surface area contributed by atoms with E-state index in [9.17, 15) is 13.2 Å². The molecule has 0 aromatic heterocycles. The summed E-state index contributed by atoms with van der Waals surface area (Å²) in [6.07, 6.45) is -0.687. The van der Waals surface area contributed by atoms with E-state index in [1.165, 1.54) is 0 Å². The van der Waals surface area contributed by atoms with E-state index < -0.39 is 42.0 Å². The van der Waals surface area contributed by atoms with Crippen molar-refractivity contribution >= 4 is 27.8 Å². The molecule has 0 bridgehead atoms. The number of hydrogen-bond donors (Lipinski definition) is 2. The van der Waals surface area contributed by atoms with Gasteiger partial charge in [-0.25, -0.2) is 8.78 Å². The van der Waals surface area contributed by atoms with E-state index in [0.29, 0.717) is 29.0 Å². The van der Waals surface area contributed by atoms with Crippen molar-refractivity contribution in [2.24, 2.45) is 0 Å². The Morgan fingerprint density at radius 2 is 1.91 bits per heavy atom. The van der Waals surface area contributed by atoms with Gasteiger partial charge in [-0.3, -0.25) is 4.90 Å². The fourth-order valence-electron chi connectivity index (χ4n) is 4.92. The molecule has 184 valence electrons. The van der Waals surface area contributed by atoms with Crippen LogP contribution in [-0.4, -0.2) is 42.7 Å². The average Bonchev–Trinajstić information content (AvgIpc) is 2.75. The zero-order chi connectivity index (χ0) is 24.6. The van der Waals surface area contributed by atoms with Gasteiger partial charge in [0.05, 0.1) is 12.6 Å². The van der Waals surface area contributed by atoms with Crippen molar-refractivity contribution in [2.75, 3.05) is 18.5 Å². The molecule has 1 saturated heterocycles. The molecule has 2 N–H and O–H groups in total. The molecule has 1 fully saturated rings. The van der Waals surface area contributed by atoms with Gasteiger partial charge in [0.2, 0.25) is 0 Å². The highest BCUT2D eigenvalue weighted by Crippen LogP contribution is 2.44. The van der Waals surface area contributed by atoms with Crippen LogP contribution in [0.4, 0.5) is 27.6 Å².